The zero-order valence-corrected chi connectivity index (χ0v) is 10.2. The summed E-state index contributed by atoms with van der Waals surface area (Å²) in [5.74, 6) is 0. The van der Waals surface area contributed by atoms with Gasteiger partial charge in [-0.25, -0.2) is 0 Å². The SMILES string of the molecule is O=c1cc[nH]c2c1ccc1c3ccccc3ccc12. The number of fused-ring (bicyclic) bond motifs is 5. The van der Waals surface area contributed by atoms with Crippen molar-refractivity contribution >= 4 is 32.4 Å². The largest absolute Gasteiger partial charge is 0.360 e. The Balaban J connectivity index is 2.33. The first-order valence-electron chi connectivity index (χ1n) is 6.26. The standard InChI is InChI=1S/C17H11NO/c19-16-9-10-18-17-14-6-5-11-3-1-2-4-12(11)13(14)7-8-15(16)17/h1-10H,(H,18,19). The van der Waals surface area contributed by atoms with Crippen molar-refractivity contribution in [3.8, 4) is 0 Å². The molecular weight excluding hydrogens is 234 g/mol. The molecular formula is C17H11NO. The van der Waals surface area contributed by atoms with E-state index >= 15 is 0 Å². The second kappa shape index (κ2) is 3.69. The highest BCUT2D eigenvalue weighted by Gasteiger charge is 2.05. The van der Waals surface area contributed by atoms with Gasteiger partial charge in [0.25, 0.3) is 0 Å². The summed E-state index contributed by atoms with van der Waals surface area (Å²) >= 11 is 0. The molecule has 0 aliphatic carbocycles. The lowest BCUT2D eigenvalue weighted by Gasteiger charge is -2.06. The Hall–Kier alpha value is -2.61. The van der Waals surface area contributed by atoms with Crippen LogP contribution in [-0.4, -0.2) is 4.98 Å². The van der Waals surface area contributed by atoms with E-state index in [1.54, 1.807) is 12.3 Å². The van der Waals surface area contributed by atoms with E-state index in [1.165, 1.54) is 16.2 Å². The maximum Gasteiger partial charge on any atom is 0.189 e. The van der Waals surface area contributed by atoms with E-state index in [0.29, 0.717) is 0 Å². The Bertz CT molecular complexity index is 982. The minimum absolute atomic E-state index is 0.0591. The Morgan fingerprint density at radius 1 is 0.684 bits per heavy atom. The van der Waals surface area contributed by atoms with E-state index in [0.717, 1.165) is 16.3 Å². The lowest BCUT2D eigenvalue weighted by Crippen LogP contribution is -1.99. The van der Waals surface area contributed by atoms with Crippen LogP contribution in [0.4, 0.5) is 0 Å². The van der Waals surface area contributed by atoms with Gasteiger partial charge >= 0.3 is 0 Å². The molecule has 0 bridgehead atoms. The van der Waals surface area contributed by atoms with Crippen LogP contribution in [0.3, 0.4) is 0 Å². The van der Waals surface area contributed by atoms with E-state index in [4.69, 9.17) is 0 Å². The number of benzene rings is 3. The second-order valence-corrected chi connectivity index (χ2v) is 4.71. The fourth-order valence-electron chi connectivity index (χ4n) is 2.74. The summed E-state index contributed by atoms with van der Waals surface area (Å²) < 4.78 is 0. The second-order valence-electron chi connectivity index (χ2n) is 4.71. The summed E-state index contributed by atoms with van der Waals surface area (Å²) in [5.41, 5.74) is 0.972. The van der Waals surface area contributed by atoms with Gasteiger partial charge < -0.3 is 4.98 Å². The lowest BCUT2D eigenvalue weighted by atomic mass is 10.00. The first-order valence-corrected chi connectivity index (χ1v) is 6.26. The molecule has 0 radical (unpaired) electrons. The van der Waals surface area contributed by atoms with Crippen LogP contribution in [0.1, 0.15) is 0 Å². The van der Waals surface area contributed by atoms with Gasteiger partial charge in [0.05, 0.1) is 5.52 Å². The lowest BCUT2D eigenvalue weighted by molar-refractivity contribution is 1.40. The van der Waals surface area contributed by atoms with Crippen LogP contribution in [0.5, 0.6) is 0 Å². The Morgan fingerprint density at radius 2 is 1.47 bits per heavy atom. The quantitative estimate of drug-likeness (QED) is 0.469. The molecule has 4 aromatic rings. The fraction of sp³-hybridized carbons (Fsp3) is 0. The van der Waals surface area contributed by atoms with Gasteiger partial charge in [-0.05, 0) is 22.2 Å². The molecule has 0 fully saturated rings. The molecule has 0 unspecified atom stereocenters. The van der Waals surface area contributed by atoms with Crippen molar-refractivity contribution < 1.29 is 0 Å². The van der Waals surface area contributed by atoms with Gasteiger partial charge in [0.1, 0.15) is 0 Å². The molecule has 1 aromatic heterocycles. The van der Waals surface area contributed by atoms with Gasteiger partial charge in [-0.2, -0.15) is 0 Å². The minimum atomic E-state index is 0.0591. The van der Waals surface area contributed by atoms with Gasteiger partial charge in [0.15, 0.2) is 5.43 Å². The Morgan fingerprint density at radius 3 is 2.42 bits per heavy atom. The van der Waals surface area contributed by atoms with Crippen LogP contribution in [0.2, 0.25) is 0 Å². The van der Waals surface area contributed by atoms with Crippen LogP contribution in [0.15, 0.2) is 65.6 Å². The topological polar surface area (TPSA) is 32.9 Å². The summed E-state index contributed by atoms with van der Waals surface area (Å²) in [5, 5.41) is 5.44. The normalized spacial score (nSPS) is 11.4. The van der Waals surface area contributed by atoms with Crippen LogP contribution < -0.4 is 5.43 Å². The number of rotatable bonds is 0. The molecule has 0 spiro atoms. The number of aromatic amines is 1. The molecule has 1 N–H and O–H groups in total. The zero-order chi connectivity index (χ0) is 12.8. The molecule has 2 heteroatoms. The first kappa shape index (κ1) is 10.3. The number of hydrogen-bond acceptors (Lipinski definition) is 1. The Kier molecular flexibility index (Phi) is 2.00. The van der Waals surface area contributed by atoms with Gasteiger partial charge in [-0.3, -0.25) is 4.79 Å². The molecule has 0 aliphatic rings. The zero-order valence-electron chi connectivity index (χ0n) is 10.2. The van der Waals surface area contributed by atoms with Crippen molar-refractivity contribution in [1.82, 2.24) is 4.98 Å². The van der Waals surface area contributed by atoms with E-state index in [2.05, 4.69) is 29.2 Å². The number of hydrogen-bond donors (Lipinski definition) is 1. The van der Waals surface area contributed by atoms with Crippen molar-refractivity contribution in [2.24, 2.45) is 0 Å². The van der Waals surface area contributed by atoms with Crippen molar-refractivity contribution in [3.63, 3.8) is 0 Å². The molecule has 4 rings (SSSR count). The Labute approximate surface area is 109 Å². The van der Waals surface area contributed by atoms with E-state index < -0.39 is 0 Å². The maximum absolute atomic E-state index is 11.9. The summed E-state index contributed by atoms with van der Waals surface area (Å²) in [6.07, 6.45) is 1.71. The summed E-state index contributed by atoms with van der Waals surface area (Å²) in [6, 6.07) is 18.0. The molecule has 0 amide bonds. The molecule has 0 saturated carbocycles. The maximum atomic E-state index is 11.9. The van der Waals surface area contributed by atoms with Gasteiger partial charge in [0, 0.05) is 23.0 Å². The van der Waals surface area contributed by atoms with Gasteiger partial charge in [-0.15, -0.1) is 0 Å². The van der Waals surface area contributed by atoms with Crippen molar-refractivity contribution in [1.29, 1.82) is 0 Å². The predicted octanol–water partition coefficient (Wildman–Crippen LogP) is 3.83. The highest BCUT2D eigenvalue weighted by Crippen LogP contribution is 2.28. The van der Waals surface area contributed by atoms with Crippen LogP contribution in [0.25, 0.3) is 32.4 Å². The van der Waals surface area contributed by atoms with Crippen LogP contribution in [-0.2, 0) is 0 Å². The number of aromatic nitrogens is 1. The third-order valence-electron chi connectivity index (χ3n) is 3.65. The summed E-state index contributed by atoms with van der Waals surface area (Å²) in [7, 11) is 0. The smallest absolute Gasteiger partial charge is 0.189 e. The average Bonchev–Trinajstić information content (AvgIpc) is 2.47. The number of pyridine rings is 1. The minimum Gasteiger partial charge on any atom is -0.360 e. The third kappa shape index (κ3) is 1.40. The first-order chi connectivity index (χ1) is 9.34. The number of H-pyrrole nitrogens is 1. The van der Waals surface area contributed by atoms with Crippen molar-refractivity contribution in [2.75, 3.05) is 0 Å². The highest BCUT2D eigenvalue weighted by molar-refractivity contribution is 6.15. The monoisotopic (exact) mass is 245 g/mol. The molecule has 2 nitrogen and oxygen atoms in total. The van der Waals surface area contributed by atoms with E-state index in [-0.39, 0.29) is 5.43 Å². The summed E-state index contributed by atoms with van der Waals surface area (Å²) in [6.45, 7) is 0. The van der Waals surface area contributed by atoms with Gasteiger partial charge in [0.2, 0.25) is 0 Å². The molecule has 90 valence electrons. The fourth-order valence-corrected chi connectivity index (χ4v) is 2.74. The molecule has 0 saturated heterocycles. The van der Waals surface area contributed by atoms with Gasteiger partial charge in [-0.1, -0.05) is 42.5 Å². The highest BCUT2D eigenvalue weighted by atomic mass is 16.1. The van der Waals surface area contributed by atoms with E-state index in [9.17, 15) is 4.79 Å². The molecule has 0 atom stereocenters. The summed E-state index contributed by atoms with van der Waals surface area (Å²) in [4.78, 5) is 15.1. The molecule has 3 aromatic carbocycles. The number of nitrogens with one attached hydrogen (secondary N) is 1. The predicted molar refractivity (Wildman–Crippen MR) is 79.6 cm³/mol. The average molecular weight is 245 g/mol. The third-order valence-corrected chi connectivity index (χ3v) is 3.65. The molecule has 1 heterocycles. The van der Waals surface area contributed by atoms with Crippen molar-refractivity contribution in [3.05, 3.63) is 71.0 Å². The molecule has 19 heavy (non-hydrogen) atoms. The van der Waals surface area contributed by atoms with Crippen LogP contribution in [0, 0.1) is 0 Å². The van der Waals surface area contributed by atoms with E-state index in [1.807, 2.05) is 24.3 Å². The van der Waals surface area contributed by atoms with Crippen LogP contribution >= 0.6 is 0 Å². The molecule has 0 aliphatic heterocycles. The van der Waals surface area contributed by atoms with Crippen molar-refractivity contribution in [2.45, 2.75) is 0 Å².